The molecular formula is C18H21BrN2O3S. The van der Waals surface area contributed by atoms with Crippen LogP contribution in [0.1, 0.15) is 16.7 Å². The molecule has 0 heterocycles. The molecule has 0 aliphatic rings. The number of sulfonamides is 1. The van der Waals surface area contributed by atoms with Crippen molar-refractivity contribution in [2.45, 2.75) is 20.8 Å². The molecule has 0 saturated carbocycles. The fraction of sp³-hybridized carbons (Fsp3) is 0.278. The molecule has 5 nitrogen and oxygen atoms in total. The number of nitrogens with one attached hydrogen (secondary N) is 1. The second kappa shape index (κ2) is 7.58. The zero-order valence-corrected chi connectivity index (χ0v) is 17.0. The lowest BCUT2D eigenvalue weighted by Crippen LogP contribution is -2.37. The number of benzene rings is 2. The fourth-order valence-electron chi connectivity index (χ4n) is 2.56. The predicted octanol–water partition coefficient (Wildman–Crippen LogP) is 3.78. The van der Waals surface area contributed by atoms with Gasteiger partial charge in [0.2, 0.25) is 15.9 Å². The highest BCUT2D eigenvalue weighted by molar-refractivity contribution is 9.10. The van der Waals surface area contributed by atoms with Crippen molar-refractivity contribution in [1.29, 1.82) is 0 Å². The third kappa shape index (κ3) is 5.31. The molecule has 0 atom stereocenters. The van der Waals surface area contributed by atoms with E-state index in [9.17, 15) is 13.2 Å². The maximum absolute atomic E-state index is 12.4. The highest BCUT2D eigenvalue weighted by Gasteiger charge is 2.21. The van der Waals surface area contributed by atoms with E-state index >= 15 is 0 Å². The summed E-state index contributed by atoms with van der Waals surface area (Å²) in [5, 5.41) is 2.77. The fourth-order valence-corrected chi connectivity index (χ4v) is 3.66. The molecule has 25 heavy (non-hydrogen) atoms. The van der Waals surface area contributed by atoms with Crippen molar-refractivity contribution in [2.24, 2.45) is 0 Å². The summed E-state index contributed by atoms with van der Waals surface area (Å²) in [5.74, 6) is -0.393. The van der Waals surface area contributed by atoms with E-state index in [-0.39, 0.29) is 6.54 Å². The normalized spacial score (nSPS) is 11.2. The molecule has 2 rings (SSSR count). The van der Waals surface area contributed by atoms with Crippen LogP contribution in [-0.2, 0) is 14.8 Å². The van der Waals surface area contributed by atoms with Gasteiger partial charge in [0.1, 0.15) is 6.54 Å². The Morgan fingerprint density at radius 3 is 2.20 bits per heavy atom. The van der Waals surface area contributed by atoms with Crippen LogP contribution in [0, 0.1) is 20.8 Å². The first kappa shape index (κ1) is 19.5. The summed E-state index contributed by atoms with van der Waals surface area (Å²) >= 11 is 3.39. The average Bonchev–Trinajstić information content (AvgIpc) is 2.45. The SMILES string of the molecule is Cc1cc(C)cc(NC(=O)CN(c2ccc(Br)c(C)c2)S(C)(=O)=O)c1. The molecule has 7 heteroatoms. The molecular weight excluding hydrogens is 404 g/mol. The first-order valence-electron chi connectivity index (χ1n) is 7.68. The van der Waals surface area contributed by atoms with E-state index in [1.54, 1.807) is 18.2 Å². The molecule has 0 saturated heterocycles. The summed E-state index contributed by atoms with van der Waals surface area (Å²) in [6.07, 6.45) is 1.09. The maximum Gasteiger partial charge on any atom is 0.245 e. The third-order valence-corrected chi connectivity index (χ3v) is 5.65. The van der Waals surface area contributed by atoms with Crippen molar-refractivity contribution in [3.63, 3.8) is 0 Å². The summed E-state index contributed by atoms with van der Waals surface area (Å²) in [7, 11) is -3.59. The smallest absolute Gasteiger partial charge is 0.245 e. The van der Waals surface area contributed by atoms with Crippen LogP contribution in [0.5, 0.6) is 0 Å². The number of aryl methyl sites for hydroxylation is 3. The van der Waals surface area contributed by atoms with Gasteiger partial charge in [-0.2, -0.15) is 0 Å². The number of carbonyl (C=O) groups is 1. The number of carbonyl (C=O) groups excluding carboxylic acids is 1. The monoisotopic (exact) mass is 424 g/mol. The van der Waals surface area contributed by atoms with Gasteiger partial charge in [-0.25, -0.2) is 8.42 Å². The second-order valence-corrected chi connectivity index (χ2v) is 8.89. The van der Waals surface area contributed by atoms with Crippen LogP contribution in [0.2, 0.25) is 0 Å². The van der Waals surface area contributed by atoms with E-state index in [0.29, 0.717) is 11.4 Å². The van der Waals surface area contributed by atoms with Crippen molar-refractivity contribution in [3.05, 3.63) is 57.6 Å². The topological polar surface area (TPSA) is 66.5 Å². The number of anilines is 2. The van der Waals surface area contributed by atoms with Gasteiger partial charge in [-0.05, 0) is 67.8 Å². The minimum absolute atomic E-state index is 0.285. The number of nitrogens with zero attached hydrogens (tertiary/aromatic N) is 1. The van der Waals surface area contributed by atoms with Crippen LogP contribution >= 0.6 is 15.9 Å². The Balaban J connectivity index is 2.25. The van der Waals surface area contributed by atoms with Gasteiger partial charge < -0.3 is 5.32 Å². The zero-order chi connectivity index (χ0) is 18.8. The van der Waals surface area contributed by atoms with Gasteiger partial charge in [0.25, 0.3) is 0 Å². The standard InChI is InChI=1S/C18H21BrN2O3S/c1-12-7-13(2)9-15(8-12)20-18(22)11-21(25(4,23)24)16-5-6-17(19)14(3)10-16/h5-10H,11H2,1-4H3,(H,20,22). The van der Waals surface area contributed by atoms with Crippen LogP contribution in [-0.4, -0.2) is 27.1 Å². The Bertz CT molecular complexity index is 890. The molecule has 0 bridgehead atoms. The lowest BCUT2D eigenvalue weighted by atomic mass is 10.1. The number of hydrogen-bond acceptors (Lipinski definition) is 3. The molecule has 0 spiro atoms. The Morgan fingerprint density at radius 2 is 1.68 bits per heavy atom. The molecule has 1 N–H and O–H groups in total. The molecule has 0 unspecified atom stereocenters. The molecule has 134 valence electrons. The van der Waals surface area contributed by atoms with Crippen LogP contribution in [0.4, 0.5) is 11.4 Å². The second-order valence-electron chi connectivity index (χ2n) is 6.13. The molecule has 0 aromatic heterocycles. The zero-order valence-electron chi connectivity index (χ0n) is 14.6. The van der Waals surface area contributed by atoms with Gasteiger partial charge >= 0.3 is 0 Å². The average molecular weight is 425 g/mol. The summed E-state index contributed by atoms with van der Waals surface area (Å²) in [6, 6.07) is 10.9. The molecule has 2 aromatic carbocycles. The summed E-state index contributed by atoms with van der Waals surface area (Å²) in [5.41, 5.74) is 4.06. The van der Waals surface area contributed by atoms with Gasteiger partial charge in [-0.3, -0.25) is 9.10 Å². The quantitative estimate of drug-likeness (QED) is 0.793. The van der Waals surface area contributed by atoms with Gasteiger partial charge in [-0.1, -0.05) is 22.0 Å². The van der Waals surface area contributed by atoms with E-state index in [1.807, 2.05) is 39.0 Å². The number of amides is 1. The Kier molecular flexibility index (Phi) is 5.90. The summed E-state index contributed by atoms with van der Waals surface area (Å²) in [4.78, 5) is 12.4. The highest BCUT2D eigenvalue weighted by Crippen LogP contribution is 2.24. The molecule has 1 amide bonds. The van der Waals surface area contributed by atoms with Gasteiger partial charge in [0.15, 0.2) is 0 Å². The highest BCUT2D eigenvalue weighted by atomic mass is 79.9. The van der Waals surface area contributed by atoms with E-state index < -0.39 is 15.9 Å². The van der Waals surface area contributed by atoms with E-state index in [2.05, 4.69) is 21.2 Å². The van der Waals surface area contributed by atoms with Crippen LogP contribution in [0.15, 0.2) is 40.9 Å². The number of halogens is 1. The van der Waals surface area contributed by atoms with Crippen LogP contribution in [0.3, 0.4) is 0 Å². The van der Waals surface area contributed by atoms with Crippen molar-refractivity contribution >= 4 is 43.2 Å². The van der Waals surface area contributed by atoms with Gasteiger partial charge in [0, 0.05) is 10.2 Å². The van der Waals surface area contributed by atoms with Crippen LogP contribution in [0.25, 0.3) is 0 Å². The largest absolute Gasteiger partial charge is 0.324 e. The lowest BCUT2D eigenvalue weighted by molar-refractivity contribution is -0.114. The maximum atomic E-state index is 12.4. The van der Waals surface area contributed by atoms with Crippen molar-refractivity contribution < 1.29 is 13.2 Å². The van der Waals surface area contributed by atoms with E-state index in [0.717, 1.165) is 31.7 Å². The summed E-state index contributed by atoms with van der Waals surface area (Å²) < 4.78 is 26.3. The molecule has 0 fully saturated rings. The Labute approximate surface area is 157 Å². The predicted molar refractivity (Wildman–Crippen MR) is 106 cm³/mol. The molecule has 2 aromatic rings. The van der Waals surface area contributed by atoms with E-state index in [4.69, 9.17) is 0 Å². The molecule has 0 aliphatic heterocycles. The molecule has 0 aliphatic carbocycles. The third-order valence-electron chi connectivity index (χ3n) is 3.62. The Morgan fingerprint density at radius 1 is 1.08 bits per heavy atom. The van der Waals surface area contributed by atoms with Crippen LogP contribution < -0.4 is 9.62 Å². The minimum atomic E-state index is -3.59. The van der Waals surface area contributed by atoms with Gasteiger partial charge in [0.05, 0.1) is 11.9 Å². The number of rotatable bonds is 5. The Hall–Kier alpha value is -1.86. The van der Waals surface area contributed by atoms with E-state index in [1.165, 1.54) is 0 Å². The van der Waals surface area contributed by atoms with Crippen molar-refractivity contribution in [2.75, 3.05) is 22.4 Å². The van der Waals surface area contributed by atoms with Crippen molar-refractivity contribution in [1.82, 2.24) is 0 Å². The molecule has 0 radical (unpaired) electrons. The lowest BCUT2D eigenvalue weighted by Gasteiger charge is -2.22. The summed E-state index contributed by atoms with van der Waals surface area (Å²) in [6.45, 7) is 5.46. The number of hydrogen-bond donors (Lipinski definition) is 1. The van der Waals surface area contributed by atoms with Gasteiger partial charge in [-0.15, -0.1) is 0 Å². The minimum Gasteiger partial charge on any atom is -0.324 e. The first-order valence-corrected chi connectivity index (χ1v) is 10.3. The first-order chi connectivity index (χ1) is 11.6. The van der Waals surface area contributed by atoms with Crippen molar-refractivity contribution in [3.8, 4) is 0 Å².